The summed E-state index contributed by atoms with van der Waals surface area (Å²) in [5, 5.41) is 12.6. The second-order valence-corrected chi connectivity index (χ2v) is 5.35. The van der Waals surface area contributed by atoms with Crippen molar-refractivity contribution in [1.82, 2.24) is 19.7 Å². The van der Waals surface area contributed by atoms with Crippen molar-refractivity contribution in [3.63, 3.8) is 0 Å². The Balaban J connectivity index is 2.18. The number of alkyl halides is 3. The molecule has 0 amide bonds. The number of aliphatic carboxylic acids is 1. The minimum Gasteiger partial charge on any atom is -0.481 e. The molecule has 0 saturated carbocycles. The molecule has 2 aromatic rings. The molecule has 9 heteroatoms. The fraction of sp³-hybridized carbons (Fsp3) is 0.429. The van der Waals surface area contributed by atoms with Crippen molar-refractivity contribution >= 4 is 5.97 Å². The van der Waals surface area contributed by atoms with E-state index in [1.807, 2.05) is 0 Å². The predicted molar refractivity (Wildman–Crippen MR) is 72.1 cm³/mol. The van der Waals surface area contributed by atoms with Crippen molar-refractivity contribution in [1.29, 1.82) is 0 Å². The van der Waals surface area contributed by atoms with E-state index in [1.165, 1.54) is 12.4 Å². The summed E-state index contributed by atoms with van der Waals surface area (Å²) in [7, 11) is 0. The zero-order chi connectivity index (χ0) is 16.6. The van der Waals surface area contributed by atoms with Crippen molar-refractivity contribution in [3.8, 4) is 5.95 Å². The molecule has 1 atom stereocenters. The minimum absolute atomic E-state index is 0.0291. The number of rotatable bonds is 3. The van der Waals surface area contributed by atoms with E-state index in [4.69, 9.17) is 5.11 Å². The smallest absolute Gasteiger partial charge is 0.435 e. The van der Waals surface area contributed by atoms with Gasteiger partial charge in [-0.15, -0.1) is 0 Å². The molecule has 0 radical (unpaired) electrons. The van der Waals surface area contributed by atoms with E-state index in [9.17, 15) is 18.0 Å². The molecule has 0 saturated heterocycles. The number of halogens is 3. The van der Waals surface area contributed by atoms with Gasteiger partial charge in [-0.3, -0.25) is 4.79 Å². The van der Waals surface area contributed by atoms with Crippen LogP contribution in [0, 0.1) is 0 Å². The Morgan fingerprint density at radius 2 is 2.04 bits per heavy atom. The summed E-state index contributed by atoms with van der Waals surface area (Å²) in [5.41, 5.74) is -0.717. The van der Waals surface area contributed by atoms with Crippen molar-refractivity contribution in [2.24, 2.45) is 0 Å². The van der Waals surface area contributed by atoms with Gasteiger partial charge in [-0.05, 0) is 31.2 Å². The topological polar surface area (TPSA) is 80.9 Å². The van der Waals surface area contributed by atoms with Gasteiger partial charge >= 0.3 is 12.1 Å². The van der Waals surface area contributed by atoms with Crippen LogP contribution in [0.4, 0.5) is 13.2 Å². The normalized spacial score (nSPS) is 17.8. The predicted octanol–water partition coefficient (Wildman–Crippen LogP) is 2.58. The van der Waals surface area contributed by atoms with Crippen molar-refractivity contribution < 1.29 is 23.1 Å². The molecule has 3 rings (SSSR count). The second-order valence-electron chi connectivity index (χ2n) is 5.35. The largest absolute Gasteiger partial charge is 0.481 e. The molecule has 6 nitrogen and oxygen atoms in total. The maximum atomic E-state index is 13.4. The van der Waals surface area contributed by atoms with E-state index >= 15 is 0 Å². The Morgan fingerprint density at radius 1 is 1.35 bits per heavy atom. The summed E-state index contributed by atoms with van der Waals surface area (Å²) in [4.78, 5) is 18.9. The van der Waals surface area contributed by atoms with Crippen LogP contribution in [0.2, 0.25) is 0 Å². The van der Waals surface area contributed by atoms with Crippen molar-refractivity contribution in [3.05, 3.63) is 35.4 Å². The Morgan fingerprint density at radius 3 is 2.65 bits per heavy atom. The standard InChI is InChI=1S/C14H13F3N4O2/c15-14(16,17)12-11-8(7-10(22)23)3-1-4-9(11)21(20-12)13-18-5-2-6-19-13/h2,5-6,8H,1,3-4,7H2,(H,22,23). The van der Waals surface area contributed by atoms with E-state index in [2.05, 4.69) is 15.1 Å². The highest BCUT2D eigenvalue weighted by Crippen LogP contribution is 2.42. The van der Waals surface area contributed by atoms with E-state index < -0.39 is 23.8 Å². The Kier molecular flexibility index (Phi) is 3.78. The van der Waals surface area contributed by atoms with Crippen LogP contribution in [0.3, 0.4) is 0 Å². The van der Waals surface area contributed by atoms with Gasteiger partial charge in [-0.1, -0.05) is 0 Å². The number of fused-ring (bicyclic) bond motifs is 1. The van der Waals surface area contributed by atoms with E-state index in [0.717, 1.165) is 4.68 Å². The Hall–Kier alpha value is -2.45. The molecular formula is C14H13F3N4O2. The molecule has 1 N–H and O–H groups in total. The molecule has 122 valence electrons. The van der Waals surface area contributed by atoms with Gasteiger partial charge in [0.05, 0.1) is 12.1 Å². The lowest BCUT2D eigenvalue weighted by Crippen LogP contribution is -2.18. The lowest BCUT2D eigenvalue weighted by molar-refractivity contribution is -0.143. The number of carboxylic acid groups (broad SMARTS) is 1. The highest BCUT2D eigenvalue weighted by atomic mass is 19.4. The molecule has 0 aromatic carbocycles. The first-order valence-electron chi connectivity index (χ1n) is 7.06. The van der Waals surface area contributed by atoms with Gasteiger partial charge < -0.3 is 5.11 Å². The number of hydrogen-bond acceptors (Lipinski definition) is 4. The van der Waals surface area contributed by atoms with Gasteiger partial charge in [-0.2, -0.15) is 18.3 Å². The molecule has 1 aliphatic carbocycles. The van der Waals surface area contributed by atoms with Crippen LogP contribution in [-0.4, -0.2) is 30.8 Å². The second kappa shape index (κ2) is 5.64. The Labute approximate surface area is 129 Å². The summed E-state index contributed by atoms with van der Waals surface area (Å²) in [6.07, 6.45) is -0.796. The van der Waals surface area contributed by atoms with Crippen LogP contribution in [0.25, 0.3) is 5.95 Å². The molecule has 0 fully saturated rings. The van der Waals surface area contributed by atoms with Crippen molar-refractivity contribution in [2.45, 2.75) is 37.8 Å². The summed E-state index contributed by atoms with van der Waals surface area (Å²) in [5.74, 6) is -1.78. The number of hydrogen-bond donors (Lipinski definition) is 1. The highest BCUT2D eigenvalue weighted by molar-refractivity contribution is 5.68. The third kappa shape index (κ3) is 2.90. The first kappa shape index (κ1) is 15.4. The minimum atomic E-state index is -4.65. The van der Waals surface area contributed by atoms with Gasteiger partial charge in [0.15, 0.2) is 5.69 Å². The number of carboxylic acids is 1. The monoisotopic (exact) mass is 326 g/mol. The van der Waals surface area contributed by atoms with Crippen LogP contribution < -0.4 is 0 Å². The summed E-state index contributed by atoms with van der Waals surface area (Å²) >= 11 is 0. The van der Waals surface area contributed by atoms with Gasteiger partial charge in [0.25, 0.3) is 5.95 Å². The number of carbonyl (C=O) groups is 1. The SMILES string of the molecule is O=C(O)CC1CCCc2c1c(C(F)(F)F)nn2-c1ncccn1. The van der Waals surface area contributed by atoms with Crippen LogP contribution in [-0.2, 0) is 17.4 Å². The first-order valence-corrected chi connectivity index (χ1v) is 7.06. The lowest BCUT2D eigenvalue weighted by Gasteiger charge is -2.22. The molecule has 0 aliphatic heterocycles. The maximum absolute atomic E-state index is 13.4. The van der Waals surface area contributed by atoms with Crippen LogP contribution in [0.5, 0.6) is 0 Å². The zero-order valence-electron chi connectivity index (χ0n) is 11.9. The average Bonchev–Trinajstić information content (AvgIpc) is 2.88. The molecule has 0 spiro atoms. The van der Waals surface area contributed by atoms with Gasteiger partial charge in [0.2, 0.25) is 0 Å². The molecule has 1 aliphatic rings. The van der Waals surface area contributed by atoms with Gasteiger partial charge in [0.1, 0.15) is 0 Å². The van der Waals surface area contributed by atoms with Gasteiger partial charge in [0, 0.05) is 18.0 Å². The summed E-state index contributed by atoms with van der Waals surface area (Å²) < 4.78 is 41.1. The number of aromatic nitrogens is 4. The van der Waals surface area contributed by atoms with E-state index in [0.29, 0.717) is 25.0 Å². The third-order valence-electron chi connectivity index (χ3n) is 3.83. The van der Waals surface area contributed by atoms with Crippen molar-refractivity contribution in [2.75, 3.05) is 0 Å². The maximum Gasteiger partial charge on any atom is 0.435 e. The van der Waals surface area contributed by atoms with E-state index in [-0.39, 0.29) is 17.9 Å². The lowest BCUT2D eigenvalue weighted by atomic mass is 9.83. The highest BCUT2D eigenvalue weighted by Gasteiger charge is 2.43. The molecule has 1 unspecified atom stereocenters. The number of nitrogens with zero attached hydrogens (tertiary/aromatic N) is 4. The van der Waals surface area contributed by atoms with Gasteiger partial charge in [-0.25, -0.2) is 14.6 Å². The Bertz CT molecular complexity index is 728. The molecule has 23 heavy (non-hydrogen) atoms. The quantitative estimate of drug-likeness (QED) is 0.937. The summed E-state index contributed by atoms with van der Waals surface area (Å²) in [6.45, 7) is 0. The summed E-state index contributed by atoms with van der Waals surface area (Å²) in [6, 6.07) is 1.55. The van der Waals surface area contributed by atoms with Crippen LogP contribution in [0.1, 0.15) is 42.1 Å². The first-order chi connectivity index (χ1) is 10.9. The fourth-order valence-electron chi connectivity index (χ4n) is 2.99. The molecule has 2 heterocycles. The fourth-order valence-corrected chi connectivity index (χ4v) is 2.99. The third-order valence-corrected chi connectivity index (χ3v) is 3.83. The average molecular weight is 326 g/mol. The molecule has 0 bridgehead atoms. The molecular weight excluding hydrogens is 313 g/mol. The zero-order valence-corrected chi connectivity index (χ0v) is 11.9. The molecule has 2 aromatic heterocycles. The van der Waals surface area contributed by atoms with Crippen LogP contribution >= 0.6 is 0 Å². The van der Waals surface area contributed by atoms with Crippen LogP contribution in [0.15, 0.2) is 18.5 Å². The van der Waals surface area contributed by atoms with E-state index in [1.54, 1.807) is 6.07 Å².